The molecule has 0 unspecified atom stereocenters. The second kappa shape index (κ2) is 6.03. The Morgan fingerprint density at radius 3 is 2.55 bits per heavy atom. The van der Waals surface area contributed by atoms with Crippen LogP contribution in [-0.2, 0) is 6.54 Å². The Kier molecular flexibility index (Phi) is 3.94. The van der Waals surface area contributed by atoms with Crippen LogP contribution in [0.5, 0.6) is 11.5 Å². The number of benzene rings is 2. The van der Waals surface area contributed by atoms with Crippen LogP contribution in [0.2, 0.25) is 0 Å². The smallest absolute Gasteiger partial charge is 0.165 e. The Hall–Kier alpha value is -2.59. The lowest BCUT2D eigenvalue weighted by Crippen LogP contribution is -2.02. The minimum Gasteiger partial charge on any atom is -0.493 e. The zero-order valence-corrected chi connectivity index (χ0v) is 12.7. The van der Waals surface area contributed by atoms with E-state index < -0.39 is 0 Å². The molecule has 0 radical (unpaired) electrons. The molecule has 0 amide bonds. The maximum atomic E-state index is 5.83. The van der Waals surface area contributed by atoms with Gasteiger partial charge in [0, 0.05) is 23.1 Å². The third-order valence-corrected chi connectivity index (χ3v) is 3.67. The van der Waals surface area contributed by atoms with Crippen molar-refractivity contribution >= 4 is 10.9 Å². The molecule has 1 heterocycles. The number of ether oxygens (including phenoxy) is 2. The third-order valence-electron chi connectivity index (χ3n) is 3.67. The fraction of sp³-hybridized carbons (Fsp3) is 0.167. The maximum absolute atomic E-state index is 5.83. The van der Waals surface area contributed by atoms with Gasteiger partial charge in [-0.3, -0.25) is 0 Å². The molecule has 0 fully saturated rings. The number of pyridine rings is 1. The fourth-order valence-corrected chi connectivity index (χ4v) is 2.57. The molecule has 2 N–H and O–H groups in total. The van der Waals surface area contributed by atoms with Gasteiger partial charge >= 0.3 is 0 Å². The SMILES string of the molecule is COc1cc(-c2ccc3ccccc3n2)cc(CN)c1OC. The summed E-state index contributed by atoms with van der Waals surface area (Å²) in [5, 5.41) is 1.12. The molecule has 0 aliphatic carbocycles. The van der Waals surface area contributed by atoms with Gasteiger partial charge in [-0.2, -0.15) is 0 Å². The van der Waals surface area contributed by atoms with E-state index in [-0.39, 0.29) is 0 Å². The quantitative estimate of drug-likeness (QED) is 0.801. The molecular weight excluding hydrogens is 276 g/mol. The number of nitrogens with zero attached hydrogens (tertiary/aromatic N) is 1. The number of fused-ring (bicyclic) bond motifs is 1. The summed E-state index contributed by atoms with van der Waals surface area (Å²) in [5.74, 6) is 1.34. The highest BCUT2D eigenvalue weighted by Crippen LogP contribution is 2.36. The molecule has 2 aromatic carbocycles. The van der Waals surface area contributed by atoms with Gasteiger partial charge in [-0.25, -0.2) is 4.98 Å². The van der Waals surface area contributed by atoms with Crippen molar-refractivity contribution in [3.63, 3.8) is 0 Å². The largest absolute Gasteiger partial charge is 0.493 e. The average Bonchev–Trinajstić information content (AvgIpc) is 2.59. The second-order valence-electron chi connectivity index (χ2n) is 4.96. The van der Waals surface area contributed by atoms with E-state index >= 15 is 0 Å². The van der Waals surface area contributed by atoms with Crippen LogP contribution in [0, 0.1) is 0 Å². The zero-order chi connectivity index (χ0) is 15.5. The van der Waals surface area contributed by atoms with E-state index in [0.29, 0.717) is 18.0 Å². The molecular formula is C18H18N2O2. The van der Waals surface area contributed by atoms with Crippen LogP contribution >= 0.6 is 0 Å². The summed E-state index contributed by atoms with van der Waals surface area (Å²) >= 11 is 0. The number of hydrogen-bond donors (Lipinski definition) is 1. The number of aromatic nitrogens is 1. The lowest BCUT2D eigenvalue weighted by molar-refractivity contribution is 0.352. The topological polar surface area (TPSA) is 57.4 Å². The monoisotopic (exact) mass is 294 g/mol. The van der Waals surface area contributed by atoms with Gasteiger partial charge in [-0.05, 0) is 24.3 Å². The molecule has 3 aromatic rings. The fourth-order valence-electron chi connectivity index (χ4n) is 2.57. The zero-order valence-electron chi connectivity index (χ0n) is 12.7. The van der Waals surface area contributed by atoms with Gasteiger partial charge in [0.15, 0.2) is 11.5 Å². The van der Waals surface area contributed by atoms with E-state index in [4.69, 9.17) is 20.2 Å². The lowest BCUT2D eigenvalue weighted by Gasteiger charge is -2.14. The summed E-state index contributed by atoms with van der Waals surface area (Å²) in [6, 6.07) is 16.0. The maximum Gasteiger partial charge on any atom is 0.165 e. The predicted molar refractivity (Wildman–Crippen MR) is 88.2 cm³/mol. The molecule has 1 aromatic heterocycles. The second-order valence-corrected chi connectivity index (χ2v) is 4.96. The standard InChI is InChI=1S/C18H18N2O2/c1-21-17-10-13(9-14(11-19)18(17)22-2)16-8-7-12-5-3-4-6-15(12)20-16/h3-10H,11,19H2,1-2H3. The minimum atomic E-state index is 0.376. The van der Waals surface area contributed by atoms with Crippen molar-refractivity contribution in [2.45, 2.75) is 6.54 Å². The molecule has 4 heteroatoms. The van der Waals surface area contributed by atoms with Gasteiger partial charge in [0.1, 0.15) is 0 Å². The summed E-state index contributed by atoms with van der Waals surface area (Å²) in [4.78, 5) is 4.71. The number of rotatable bonds is 4. The molecule has 0 bridgehead atoms. The van der Waals surface area contributed by atoms with E-state index in [1.165, 1.54) is 0 Å². The molecule has 0 spiro atoms. The van der Waals surface area contributed by atoms with Crippen LogP contribution in [0.4, 0.5) is 0 Å². The summed E-state index contributed by atoms with van der Waals surface area (Å²) < 4.78 is 10.8. The Morgan fingerprint density at radius 1 is 1.00 bits per heavy atom. The molecule has 0 saturated carbocycles. The molecule has 22 heavy (non-hydrogen) atoms. The van der Waals surface area contributed by atoms with E-state index in [9.17, 15) is 0 Å². The Bertz CT molecular complexity index is 790. The molecule has 112 valence electrons. The van der Waals surface area contributed by atoms with Crippen molar-refractivity contribution in [2.75, 3.05) is 14.2 Å². The Morgan fingerprint density at radius 2 is 1.82 bits per heavy atom. The van der Waals surface area contributed by atoms with Crippen molar-refractivity contribution in [2.24, 2.45) is 5.73 Å². The van der Waals surface area contributed by atoms with Gasteiger partial charge in [-0.15, -0.1) is 0 Å². The van der Waals surface area contributed by atoms with E-state index in [2.05, 4.69) is 6.07 Å². The number of nitrogens with two attached hydrogens (primary N) is 1. The molecule has 0 atom stereocenters. The highest BCUT2D eigenvalue weighted by atomic mass is 16.5. The first-order chi connectivity index (χ1) is 10.8. The number of methoxy groups -OCH3 is 2. The van der Waals surface area contributed by atoms with Gasteiger partial charge in [0.05, 0.1) is 25.4 Å². The van der Waals surface area contributed by atoms with E-state index in [0.717, 1.165) is 27.7 Å². The van der Waals surface area contributed by atoms with E-state index in [1.54, 1.807) is 14.2 Å². The highest BCUT2D eigenvalue weighted by Gasteiger charge is 2.13. The number of para-hydroxylation sites is 1. The van der Waals surface area contributed by atoms with Gasteiger partial charge in [-0.1, -0.05) is 24.3 Å². The van der Waals surface area contributed by atoms with Crippen LogP contribution < -0.4 is 15.2 Å². The molecule has 4 nitrogen and oxygen atoms in total. The Labute approximate surface area is 129 Å². The van der Waals surface area contributed by atoms with Crippen molar-refractivity contribution in [1.29, 1.82) is 0 Å². The van der Waals surface area contributed by atoms with Crippen LogP contribution in [0.1, 0.15) is 5.56 Å². The van der Waals surface area contributed by atoms with E-state index in [1.807, 2.05) is 42.5 Å². The minimum absolute atomic E-state index is 0.376. The highest BCUT2D eigenvalue weighted by molar-refractivity contribution is 5.82. The third kappa shape index (κ3) is 2.49. The summed E-state index contributed by atoms with van der Waals surface area (Å²) in [6.45, 7) is 0.376. The average molecular weight is 294 g/mol. The van der Waals surface area contributed by atoms with Gasteiger partial charge in [0.25, 0.3) is 0 Å². The van der Waals surface area contributed by atoms with Crippen LogP contribution in [0.15, 0.2) is 48.5 Å². The van der Waals surface area contributed by atoms with Crippen molar-refractivity contribution < 1.29 is 9.47 Å². The summed E-state index contributed by atoms with van der Waals surface area (Å²) in [7, 11) is 3.24. The summed E-state index contributed by atoms with van der Waals surface area (Å²) in [6.07, 6.45) is 0. The van der Waals surface area contributed by atoms with Gasteiger partial charge < -0.3 is 15.2 Å². The summed E-state index contributed by atoms with van der Waals surface area (Å²) in [5.41, 5.74) is 9.53. The number of hydrogen-bond acceptors (Lipinski definition) is 4. The molecule has 0 aliphatic rings. The first kappa shape index (κ1) is 14.4. The molecule has 0 aliphatic heterocycles. The normalized spacial score (nSPS) is 10.7. The van der Waals surface area contributed by atoms with Crippen LogP contribution in [0.25, 0.3) is 22.2 Å². The van der Waals surface area contributed by atoms with Gasteiger partial charge in [0.2, 0.25) is 0 Å². The molecule has 3 rings (SSSR count). The Balaban J connectivity index is 2.17. The molecule has 0 saturated heterocycles. The van der Waals surface area contributed by atoms with Crippen molar-refractivity contribution in [1.82, 2.24) is 4.98 Å². The van der Waals surface area contributed by atoms with Crippen LogP contribution in [0.3, 0.4) is 0 Å². The predicted octanol–water partition coefficient (Wildman–Crippen LogP) is 3.38. The first-order valence-electron chi connectivity index (χ1n) is 7.08. The van der Waals surface area contributed by atoms with Crippen LogP contribution in [-0.4, -0.2) is 19.2 Å². The van der Waals surface area contributed by atoms with Crippen molar-refractivity contribution in [3.8, 4) is 22.8 Å². The lowest BCUT2D eigenvalue weighted by atomic mass is 10.0. The van der Waals surface area contributed by atoms with Crippen molar-refractivity contribution in [3.05, 3.63) is 54.1 Å². The first-order valence-corrected chi connectivity index (χ1v) is 7.08.